The molecule has 2 rings (SSSR count). The molecule has 1 saturated carbocycles. The molecular weight excluding hydrogens is 226 g/mol. The van der Waals surface area contributed by atoms with Gasteiger partial charge in [0.15, 0.2) is 0 Å². The summed E-state index contributed by atoms with van der Waals surface area (Å²) in [7, 11) is 0. The minimum Gasteiger partial charge on any atom is -0.393 e. The van der Waals surface area contributed by atoms with Gasteiger partial charge >= 0.3 is 0 Å². The average Bonchev–Trinajstić information content (AvgIpc) is 2.82. The van der Waals surface area contributed by atoms with Crippen molar-refractivity contribution in [1.82, 2.24) is 4.90 Å². The van der Waals surface area contributed by atoms with E-state index >= 15 is 0 Å². The molecule has 1 aliphatic carbocycles. The van der Waals surface area contributed by atoms with E-state index in [4.69, 9.17) is 0 Å². The van der Waals surface area contributed by atoms with Crippen LogP contribution in [0.1, 0.15) is 59.3 Å². The Morgan fingerprint density at radius 1 is 1.39 bits per heavy atom. The molecule has 0 aromatic heterocycles. The van der Waals surface area contributed by atoms with Crippen LogP contribution in [0.2, 0.25) is 0 Å². The second kappa shape index (κ2) is 5.20. The minimum absolute atomic E-state index is 0.162. The van der Waals surface area contributed by atoms with E-state index in [1.54, 1.807) is 0 Å². The summed E-state index contributed by atoms with van der Waals surface area (Å²) >= 11 is 0. The number of hydrogen-bond donors (Lipinski definition) is 1. The Morgan fingerprint density at radius 2 is 2.11 bits per heavy atom. The number of amides is 1. The van der Waals surface area contributed by atoms with Crippen molar-refractivity contribution >= 4 is 5.91 Å². The van der Waals surface area contributed by atoms with Crippen LogP contribution in [0, 0.1) is 11.3 Å². The van der Waals surface area contributed by atoms with Crippen LogP contribution in [0.3, 0.4) is 0 Å². The molecule has 1 heterocycles. The Hall–Kier alpha value is -0.570. The molecule has 1 aliphatic heterocycles. The second-order valence-corrected chi connectivity index (χ2v) is 6.85. The quantitative estimate of drug-likeness (QED) is 0.840. The van der Waals surface area contributed by atoms with Crippen LogP contribution in [-0.4, -0.2) is 34.6 Å². The Morgan fingerprint density at radius 3 is 2.67 bits per heavy atom. The molecule has 1 amide bonds. The summed E-state index contributed by atoms with van der Waals surface area (Å²) in [6, 6.07) is 0.272. The average molecular weight is 253 g/mol. The molecule has 2 aliphatic rings. The molecule has 104 valence electrons. The van der Waals surface area contributed by atoms with Gasteiger partial charge < -0.3 is 10.0 Å². The Kier molecular flexibility index (Phi) is 4.00. The molecule has 0 bridgehead atoms. The van der Waals surface area contributed by atoms with Crippen molar-refractivity contribution in [2.45, 2.75) is 71.4 Å². The van der Waals surface area contributed by atoms with Crippen LogP contribution >= 0.6 is 0 Å². The van der Waals surface area contributed by atoms with Crippen molar-refractivity contribution < 1.29 is 9.90 Å². The normalized spacial score (nSPS) is 32.8. The molecule has 3 nitrogen and oxygen atoms in total. The summed E-state index contributed by atoms with van der Waals surface area (Å²) in [5.41, 5.74) is 0.162. The maximum Gasteiger partial charge on any atom is 0.226 e. The maximum absolute atomic E-state index is 12.7. The molecule has 0 spiro atoms. The van der Waals surface area contributed by atoms with E-state index in [0.717, 1.165) is 38.6 Å². The summed E-state index contributed by atoms with van der Waals surface area (Å²) in [5.74, 6) is 0.549. The molecule has 3 atom stereocenters. The number of nitrogens with zero attached hydrogens (tertiary/aromatic N) is 1. The van der Waals surface area contributed by atoms with Gasteiger partial charge in [-0.2, -0.15) is 0 Å². The molecule has 3 heteroatoms. The first-order valence-corrected chi connectivity index (χ1v) is 7.40. The van der Waals surface area contributed by atoms with Crippen molar-refractivity contribution in [3.63, 3.8) is 0 Å². The summed E-state index contributed by atoms with van der Waals surface area (Å²) in [6.45, 7) is 7.16. The number of aliphatic hydroxyl groups excluding tert-OH is 1. The number of rotatable bonds is 3. The van der Waals surface area contributed by atoms with Crippen molar-refractivity contribution in [1.29, 1.82) is 0 Å². The van der Waals surface area contributed by atoms with E-state index in [9.17, 15) is 9.90 Å². The first-order chi connectivity index (χ1) is 8.42. The molecule has 18 heavy (non-hydrogen) atoms. The van der Waals surface area contributed by atoms with Gasteiger partial charge in [-0.15, -0.1) is 0 Å². The maximum atomic E-state index is 12.7. The highest BCUT2D eigenvalue weighted by Gasteiger charge is 2.43. The Bertz CT molecular complexity index is 312. The predicted octanol–water partition coefficient (Wildman–Crippen LogP) is 2.57. The minimum atomic E-state index is -0.306. The molecule has 0 aromatic carbocycles. The van der Waals surface area contributed by atoms with Crippen LogP contribution in [0.4, 0.5) is 0 Å². The van der Waals surface area contributed by atoms with Gasteiger partial charge in [-0.1, -0.05) is 20.3 Å². The second-order valence-electron chi connectivity index (χ2n) is 6.85. The van der Waals surface area contributed by atoms with Gasteiger partial charge in [0.25, 0.3) is 0 Å². The van der Waals surface area contributed by atoms with Gasteiger partial charge in [-0.3, -0.25) is 4.79 Å². The highest BCUT2D eigenvalue weighted by atomic mass is 16.3. The lowest BCUT2D eigenvalue weighted by Gasteiger charge is -2.33. The lowest BCUT2D eigenvalue weighted by atomic mass is 9.81. The summed E-state index contributed by atoms with van der Waals surface area (Å²) in [5, 5.41) is 9.54. The highest BCUT2D eigenvalue weighted by Crippen LogP contribution is 2.44. The SMILES string of the molecule is CC(O)CC1CCCN1C(=O)C1CCCC1(C)C. The third-order valence-electron chi connectivity index (χ3n) is 4.83. The molecule has 0 radical (unpaired) electrons. The van der Waals surface area contributed by atoms with E-state index in [-0.39, 0.29) is 23.5 Å². The first-order valence-electron chi connectivity index (χ1n) is 7.40. The number of aliphatic hydroxyl groups is 1. The number of likely N-dealkylation sites (tertiary alicyclic amines) is 1. The van der Waals surface area contributed by atoms with Crippen molar-refractivity contribution in [3.05, 3.63) is 0 Å². The first kappa shape index (κ1) is 13.9. The van der Waals surface area contributed by atoms with Gasteiger partial charge in [0.2, 0.25) is 5.91 Å². The molecule has 1 saturated heterocycles. The van der Waals surface area contributed by atoms with Crippen LogP contribution < -0.4 is 0 Å². The van der Waals surface area contributed by atoms with E-state index in [1.807, 2.05) is 6.92 Å². The topological polar surface area (TPSA) is 40.5 Å². The fourth-order valence-electron chi connectivity index (χ4n) is 3.75. The number of carbonyl (C=O) groups is 1. The fraction of sp³-hybridized carbons (Fsp3) is 0.933. The van der Waals surface area contributed by atoms with Crippen molar-refractivity contribution in [2.24, 2.45) is 11.3 Å². The zero-order valence-electron chi connectivity index (χ0n) is 12.0. The lowest BCUT2D eigenvalue weighted by Crippen LogP contribution is -2.43. The number of carbonyl (C=O) groups excluding carboxylic acids is 1. The summed E-state index contributed by atoms with van der Waals surface area (Å²) in [4.78, 5) is 14.8. The van der Waals surface area contributed by atoms with E-state index in [1.165, 1.54) is 6.42 Å². The Labute approximate surface area is 111 Å². The lowest BCUT2D eigenvalue weighted by molar-refractivity contribution is -0.139. The van der Waals surface area contributed by atoms with Crippen molar-refractivity contribution in [3.8, 4) is 0 Å². The van der Waals surface area contributed by atoms with Gasteiger partial charge in [-0.05, 0) is 44.4 Å². The van der Waals surface area contributed by atoms with Crippen LogP contribution in [-0.2, 0) is 4.79 Å². The molecule has 0 aromatic rings. The van der Waals surface area contributed by atoms with Gasteiger partial charge in [-0.25, -0.2) is 0 Å². The van der Waals surface area contributed by atoms with E-state index in [0.29, 0.717) is 5.91 Å². The number of hydrogen-bond acceptors (Lipinski definition) is 2. The van der Waals surface area contributed by atoms with E-state index in [2.05, 4.69) is 18.7 Å². The summed E-state index contributed by atoms with van der Waals surface area (Å²) in [6.07, 6.45) is 5.97. The molecule has 2 fully saturated rings. The standard InChI is InChI=1S/C15H27NO2/c1-11(17)10-12-6-5-9-16(12)14(18)13-7-4-8-15(13,2)3/h11-13,17H,4-10H2,1-3H3. The van der Waals surface area contributed by atoms with Gasteiger partial charge in [0, 0.05) is 18.5 Å². The van der Waals surface area contributed by atoms with Crippen molar-refractivity contribution in [2.75, 3.05) is 6.54 Å². The Balaban J connectivity index is 2.04. The third-order valence-corrected chi connectivity index (χ3v) is 4.83. The smallest absolute Gasteiger partial charge is 0.226 e. The highest BCUT2D eigenvalue weighted by molar-refractivity contribution is 5.80. The third kappa shape index (κ3) is 2.71. The van der Waals surface area contributed by atoms with Gasteiger partial charge in [0.05, 0.1) is 6.10 Å². The molecule has 3 unspecified atom stereocenters. The largest absolute Gasteiger partial charge is 0.393 e. The summed E-state index contributed by atoms with van der Waals surface area (Å²) < 4.78 is 0. The zero-order valence-corrected chi connectivity index (χ0v) is 12.0. The van der Waals surface area contributed by atoms with Crippen LogP contribution in [0.5, 0.6) is 0 Å². The molecular formula is C15H27NO2. The van der Waals surface area contributed by atoms with Crippen LogP contribution in [0.25, 0.3) is 0 Å². The molecule has 1 N–H and O–H groups in total. The monoisotopic (exact) mass is 253 g/mol. The van der Waals surface area contributed by atoms with E-state index < -0.39 is 0 Å². The predicted molar refractivity (Wildman–Crippen MR) is 72.2 cm³/mol. The zero-order chi connectivity index (χ0) is 13.3. The fourth-order valence-corrected chi connectivity index (χ4v) is 3.75. The van der Waals surface area contributed by atoms with Gasteiger partial charge in [0.1, 0.15) is 0 Å². The van der Waals surface area contributed by atoms with Crippen LogP contribution in [0.15, 0.2) is 0 Å².